The predicted molar refractivity (Wildman–Crippen MR) is 63.4 cm³/mol. The lowest BCUT2D eigenvalue weighted by Crippen LogP contribution is -1.99. The minimum Gasteiger partial charge on any atom is -0.496 e. The van der Waals surface area contributed by atoms with Gasteiger partial charge in [-0.2, -0.15) is 0 Å². The second kappa shape index (κ2) is 5.17. The van der Waals surface area contributed by atoms with Crippen LogP contribution in [0.4, 0.5) is 0 Å². The zero-order valence-corrected chi connectivity index (χ0v) is 9.97. The van der Waals surface area contributed by atoms with Gasteiger partial charge in [0.2, 0.25) is 0 Å². The third kappa shape index (κ3) is 2.86. The van der Waals surface area contributed by atoms with Gasteiger partial charge in [-0.15, -0.1) is 0 Å². The highest BCUT2D eigenvalue weighted by Gasteiger charge is 2.00. The average molecular weight is 256 g/mol. The van der Waals surface area contributed by atoms with E-state index in [1.807, 2.05) is 31.2 Å². The molecule has 0 saturated carbocycles. The minimum atomic E-state index is 0.565. The van der Waals surface area contributed by atoms with E-state index in [-0.39, 0.29) is 0 Å². The summed E-state index contributed by atoms with van der Waals surface area (Å²) in [4.78, 5) is 0. The second-order valence-corrected chi connectivity index (χ2v) is 4.00. The van der Waals surface area contributed by atoms with Crippen LogP contribution in [0.2, 0.25) is 0 Å². The Morgan fingerprint density at radius 2 is 2.29 bits per heavy atom. The van der Waals surface area contributed by atoms with E-state index in [1.54, 1.807) is 7.11 Å². The molecule has 3 heteroatoms. The fourth-order valence-corrected chi connectivity index (χ4v) is 1.52. The third-order valence-electron chi connectivity index (χ3n) is 1.92. The first-order valence-electron chi connectivity index (χ1n) is 4.38. The molecule has 0 aliphatic rings. The SMILES string of the molecule is COc1ccc(Br)cc1C=C(C)CN. The molecule has 2 N–H and O–H groups in total. The first-order chi connectivity index (χ1) is 6.67. The number of hydrogen-bond donors (Lipinski definition) is 1. The first kappa shape index (κ1) is 11.3. The topological polar surface area (TPSA) is 35.2 Å². The van der Waals surface area contributed by atoms with E-state index in [4.69, 9.17) is 10.5 Å². The predicted octanol–water partition coefficient (Wildman–Crippen LogP) is 2.82. The number of methoxy groups -OCH3 is 1. The molecule has 2 nitrogen and oxygen atoms in total. The number of ether oxygens (including phenoxy) is 1. The smallest absolute Gasteiger partial charge is 0.126 e. The molecule has 76 valence electrons. The van der Waals surface area contributed by atoms with Crippen LogP contribution >= 0.6 is 15.9 Å². The molecule has 0 spiro atoms. The number of hydrogen-bond acceptors (Lipinski definition) is 2. The van der Waals surface area contributed by atoms with Gasteiger partial charge in [0, 0.05) is 16.6 Å². The molecular weight excluding hydrogens is 242 g/mol. The van der Waals surface area contributed by atoms with E-state index in [1.165, 1.54) is 0 Å². The van der Waals surface area contributed by atoms with Crippen LogP contribution in [0.1, 0.15) is 12.5 Å². The van der Waals surface area contributed by atoms with Crippen molar-refractivity contribution in [3.8, 4) is 5.75 Å². The molecule has 0 aliphatic carbocycles. The van der Waals surface area contributed by atoms with Crippen LogP contribution in [0.5, 0.6) is 5.75 Å². The van der Waals surface area contributed by atoms with E-state index < -0.39 is 0 Å². The molecule has 1 aromatic rings. The van der Waals surface area contributed by atoms with Crippen molar-refractivity contribution in [3.63, 3.8) is 0 Å². The van der Waals surface area contributed by atoms with Gasteiger partial charge < -0.3 is 10.5 Å². The summed E-state index contributed by atoms with van der Waals surface area (Å²) in [5, 5.41) is 0. The number of rotatable bonds is 3. The van der Waals surface area contributed by atoms with Gasteiger partial charge in [-0.3, -0.25) is 0 Å². The molecule has 0 aliphatic heterocycles. The largest absolute Gasteiger partial charge is 0.496 e. The summed E-state index contributed by atoms with van der Waals surface area (Å²) in [5.74, 6) is 0.862. The van der Waals surface area contributed by atoms with Gasteiger partial charge in [0.25, 0.3) is 0 Å². The highest BCUT2D eigenvalue weighted by Crippen LogP contribution is 2.24. The van der Waals surface area contributed by atoms with Crippen molar-refractivity contribution in [1.29, 1.82) is 0 Å². The van der Waals surface area contributed by atoms with Crippen molar-refractivity contribution < 1.29 is 4.74 Å². The lowest BCUT2D eigenvalue weighted by atomic mass is 10.1. The lowest BCUT2D eigenvalue weighted by molar-refractivity contribution is 0.413. The summed E-state index contributed by atoms with van der Waals surface area (Å²) in [7, 11) is 1.67. The van der Waals surface area contributed by atoms with Gasteiger partial charge in [0.15, 0.2) is 0 Å². The normalized spacial score (nSPS) is 11.6. The maximum Gasteiger partial charge on any atom is 0.126 e. The Bertz CT molecular complexity index is 347. The fraction of sp³-hybridized carbons (Fsp3) is 0.273. The van der Waals surface area contributed by atoms with Crippen LogP contribution in [0.15, 0.2) is 28.2 Å². The van der Waals surface area contributed by atoms with Crippen molar-refractivity contribution in [2.24, 2.45) is 5.73 Å². The van der Waals surface area contributed by atoms with Crippen molar-refractivity contribution in [1.82, 2.24) is 0 Å². The molecule has 1 rings (SSSR count). The summed E-state index contributed by atoms with van der Waals surface area (Å²) in [6.07, 6.45) is 2.03. The molecular formula is C11H14BrNO. The fourth-order valence-electron chi connectivity index (χ4n) is 1.14. The van der Waals surface area contributed by atoms with Gasteiger partial charge in [0.1, 0.15) is 5.75 Å². The molecule has 14 heavy (non-hydrogen) atoms. The quantitative estimate of drug-likeness (QED) is 0.902. The van der Waals surface area contributed by atoms with Gasteiger partial charge in [-0.05, 0) is 25.1 Å². The Morgan fingerprint density at radius 3 is 2.86 bits per heavy atom. The van der Waals surface area contributed by atoms with Crippen LogP contribution in [-0.4, -0.2) is 13.7 Å². The molecule has 0 bridgehead atoms. The summed E-state index contributed by atoms with van der Waals surface area (Å²) in [6.45, 7) is 2.57. The molecule has 0 heterocycles. The van der Waals surface area contributed by atoms with E-state index in [2.05, 4.69) is 15.9 Å². The van der Waals surface area contributed by atoms with Crippen molar-refractivity contribution in [2.45, 2.75) is 6.92 Å². The molecule has 0 atom stereocenters. The van der Waals surface area contributed by atoms with Crippen LogP contribution in [0.3, 0.4) is 0 Å². The Kier molecular flexibility index (Phi) is 4.17. The second-order valence-electron chi connectivity index (χ2n) is 3.08. The molecule has 0 amide bonds. The number of halogens is 1. The van der Waals surface area contributed by atoms with E-state index in [0.717, 1.165) is 21.4 Å². The Labute approximate surface area is 92.9 Å². The molecule has 0 fully saturated rings. The van der Waals surface area contributed by atoms with Gasteiger partial charge >= 0.3 is 0 Å². The highest BCUT2D eigenvalue weighted by molar-refractivity contribution is 9.10. The number of nitrogens with two attached hydrogens (primary N) is 1. The summed E-state index contributed by atoms with van der Waals surface area (Å²) < 4.78 is 6.28. The maximum atomic E-state index is 5.53. The highest BCUT2D eigenvalue weighted by atomic mass is 79.9. The third-order valence-corrected chi connectivity index (χ3v) is 2.41. The summed E-state index contributed by atoms with van der Waals surface area (Å²) in [5.41, 5.74) is 7.70. The van der Waals surface area contributed by atoms with Gasteiger partial charge in [-0.25, -0.2) is 0 Å². The van der Waals surface area contributed by atoms with Crippen molar-refractivity contribution in [3.05, 3.63) is 33.8 Å². The first-order valence-corrected chi connectivity index (χ1v) is 5.17. The zero-order valence-electron chi connectivity index (χ0n) is 8.38. The lowest BCUT2D eigenvalue weighted by Gasteiger charge is -2.06. The minimum absolute atomic E-state index is 0.565. The molecule has 0 unspecified atom stereocenters. The van der Waals surface area contributed by atoms with Crippen LogP contribution < -0.4 is 10.5 Å². The average Bonchev–Trinajstić information content (AvgIpc) is 2.18. The molecule has 0 radical (unpaired) electrons. The van der Waals surface area contributed by atoms with Crippen molar-refractivity contribution >= 4 is 22.0 Å². The van der Waals surface area contributed by atoms with Crippen molar-refractivity contribution in [2.75, 3.05) is 13.7 Å². The Morgan fingerprint density at radius 1 is 1.57 bits per heavy atom. The maximum absolute atomic E-state index is 5.53. The molecule has 0 saturated heterocycles. The standard InChI is InChI=1S/C11H14BrNO/c1-8(7-13)5-9-6-10(12)3-4-11(9)14-2/h3-6H,7,13H2,1-2H3. The van der Waals surface area contributed by atoms with E-state index in [9.17, 15) is 0 Å². The molecule has 1 aromatic carbocycles. The van der Waals surface area contributed by atoms with E-state index in [0.29, 0.717) is 6.54 Å². The summed E-state index contributed by atoms with van der Waals surface area (Å²) >= 11 is 3.42. The van der Waals surface area contributed by atoms with Crippen LogP contribution in [-0.2, 0) is 0 Å². The monoisotopic (exact) mass is 255 g/mol. The Balaban J connectivity index is 3.11. The summed E-state index contributed by atoms with van der Waals surface area (Å²) in [6, 6.07) is 5.89. The number of benzene rings is 1. The zero-order chi connectivity index (χ0) is 10.6. The van der Waals surface area contributed by atoms with Gasteiger partial charge in [-0.1, -0.05) is 27.6 Å². The Hall–Kier alpha value is -0.800. The van der Waals surface area contributed by atoms with Gasteiger partial charge in [0.05, 0.1) is 7.11 Å². The van der Waals surface area contributed by atoms with E-state index >= 15 is 0 Å². The van der Waals surface area contributed by atoms with Crippen LogP contribution in [0.25, 0.3) is 6.08 Å². The molecule has 0 aromatic heterocycles. The van der Waals surface area contributed by atoms with Crippen LogP contribution in [0, 0.1) is 0 Å².